The molecule has 2 rings (SSSR count). The molecule has 0 aliphatic carbocycles. The van der Waals surface area contributed by atoms with Crippen molar-refractivity contribution in [3.8, 4) is 0 Å². The van der Waals surface area contributed by atoms with E-state index in [0.29, 0.717) is 23.5 Å². The van der Waals surface area contributed by atoms with Crippen molar-refractivity contribution in [2.24, 2.45) is 0 Å². The molecular weight excluding hydrogens is 325 g/mol. The smallest absolute Gasteiger partial charge is 0.350 e. The third kappa shape index (κ3) is 5.08. The van der Waals surface area contributed by atoms with E-state index in [1.54, 1.807) is 10.6 Å². The molecule has 0 bridgehead atoms. The number of fused-ring (bicyclic) bond motifs is 1. The largest absolute Gasteiger partial charge is 0.389 e. The second-order valence-electron chi connectivity index (χ2n) is 4.78. The number of rotatable bonds is 9. The number of aromatic nitrogens is 4. The van der Waals surface area contributed by atoms with Gasteiger partial charge in [0, 0.05) is 6.54 Å². The number of hydrogen-bond acceptors (Lipinski definition) is 7. The number of hydrogen-bond donors (Lipinski definition) is 4. The molecule has 126 valence electrons. The maximum Gasteiger partial charge on any atom is 0.350 e. The number of ether oxygens (including phenoxy) is 1. The van der Waals surface area contributed by atoms with Crippen LogP contribution in [0.3, 0.4) is 0 Å². The molecule has 0 amide bonds. The van der Waals surface area contributed by atoms with Crippen molar-refractivity contribution >= 4 is 24.6 Å². The Labute approximate surface area is 132 Å². The van der Waals surface area contributed by atoms with Crippen LogP contribution in [-0.2, 0) is 15.8 Å². The zero-order valence-corrected chi connectivity index (χ0v) is 13.1. The highest BCUT2D eigenvalue weighted by molar-refractivity contribution is 7.51. The summed E-state index contributed by atoms with van der Waals surface area (Å²) in [6.07, 6.45) is 2.88. The van der Waals surface area contributed by atoms with Gasteiger partial charge in [-0.15, -0.1) is 6.58 Å². The summed E-state index contributed by atoms with van der Waals surface area (Å²) in [7, 11) is -4.24. The lowest BCUT2D eigenvalue weighted by Crippen LogP contribution is -2.22. The van der Waals surface area contributed by atoms with Crippen molar-refractivity contribution in [3.05, 3.63) is 25.3 Å². The lowest BCUT2D eigenvalue weighted by Gasteiger charge is -2.12. The molecule has 0 saturated carbocycles. The van der Waals surface area contributed by atoms with E-state index in [2.05, 4.69) is 26.8 Å². The monoisotopic (exact) mass is 343 g/mol. The van der Waals surface area contributed by atoms with Crippen molar-refractivity contribution < 1.29 is 24.2 Å². The van der Waals surface area contributed by atoms with E-state index in [1.165, 1.54) is 12.7 Å². The van der Waals surface area contributed by atoms with E-state index in [9.17, 15) is 9.67 Å². The molecule has 0 fully saturated rings. The second kappa shape index (κ2) is 7.62. The van der Waals surface area contributed by atoms with Crippen molar-refractivity contribution in [2.45, 2.75) is 12.6 Å². The molecule has 2 aromatic rings. The van der Waals surface area contributed by atoms with Crippen LogP contribution in [0.15, 0.2) is 25.3 Å². The summed E-state index contributed by atoms with van der Waals surface area (Å²) in [5.41, 5.74) is 1.08. The quantitative estimate of drug-likeness (QED) is 0.363. The standard InChI is InChI=1S/C12H18N5O5P/c1-2-3-13-11-10-12(15-6-14-11)17(7-16-10)4-9(18)5-22-8-23(19,20)21/h2,6-7,9,18H,1,3-5,8H2,(H,13,14,15)(H2,19,20,21). The second-order valence-corrected chi connectivity index (χ2v) is 6.37. The number of nitrogens with one attached hydrogen (secondary N) is 1. The molecular formula is C12H18N5O5P. The van der Waals surface area contributed by atoms with Gasteiger partial charge in [-0.3, -0.25) is 4.57 Å². The minimum Gasteiger partial charge on any atom is -0.389 e. The van der Waals surface area contributed by atoms with Gasteiger partial charge in [-0.05, 0) is 0 Å². The molecule has 10 nitrogen and oxygen atoms in total. The van der Waals surface area contributed by atoms with Crippen molar-refractivity contribution in [3.63, 3.8) is 0 Å². The third-order valence-electron chi connectivity index (χ3n) is 2.79. The van der Waals surface area contributed by atoms with Gasteiger partial charge in [0.2, 0.25) is 0 Å². The first-order valence-corrected chi connectivity index (χ1v) is 8.51. The van der Waals surface area contributed by atoms with E-state index < -0.39 is 20.0 Å². The zero-order valence-electron chi connectivity index (χ0n) is 12.2. The first-order valence-electron chi connectivity index (χ1n) is 6.71. The van der Waals surface area contributed by atoms with Crippen molar-refractivity contribution in [1.29, 1.82) is 0 Å². The van der Waals surface area contributed by atoms with E-state index in [-0.39, 0.29) is 13.2 Å². The highest BCUT2D eigenvalue weighted by Crippen LogP contribution is 2.33. The highest BCUT2D eigenvalue weighted by atomic mass is 31.2. The average Bonchev–Trinajstić information content (AvgIpc) is 2.87. The number of nitrogens with zero attached hydrogens (tertiary/aromatic N) is 4. The summed E-state index contributed by atoms with van der Waals surface area (Å²) in [5.74, 6) is 0.556. The fourth-order valence-electron chi connectivity index (χ4n) is 1.90. The van der Waals surface area contributed by atoms with Gasteiger partial charge in [0.25, 0.3) is 0 Å². The van der Waals surface area contributed by atoms with Gasteiger partial charge >= 0.3 is 7.60 Å². The van der Waals surface area contributed by atoms with Crippen LogP contribution in [0, 0.1) is 0 Å². The maximum atomic E-state index is 10.7. The molecule has 0 saturated heterocycles. The zero-order chi connectivity index (χ0) is 16.9. The molecule has 0 aliphatic rings. The van der Waals surface area contributed by atoms with Gasteiger partial charge < -0.3 is 29.5 Å². The normalized spacial score (nSPS) is 13.2. The van der Waals surface area contributed by atoms with Gasteiger partial charge in [0.05, 0.1) is 25.6 Å². The number of imidazole rings is 1. The minimum absolute atomic E-state index is 0.121. The van der Waals surface area contributed by atoms with Crippen LogP contribution in [0.25, 0.3) is 11.2 Å². The van der Waals surface area contributed by atoms with Crippen LogP contribution in [0.4, 0.5) is 5.82 Å². The van der Waals surface area contributed by atoms with E-state index in [0.717, 1.165) is 0 Å². The van der Waals surface area contributed by atoms with Gasteiger partial charge in [-0.2, -0.15) is 0 Å². The van der Waals surface area contributed by atoms with Crippen molar-refractivity contribution in [2.75, 3.05) is 24.8 Å². The predicted molar refractivity (Wildman–Crippen MR) is 82.9 cm³/mol. The number of aliphatic hydroxyl groups is 1. The third-order valence-corrected chi connectivity index (χ3v) is 3.31. The summed E-state index contributed by atoms with van der Waals surface area (Å²) in [5, 5.41) is 12.9. The molecule has 11 heteroatoms. The Balaban J connectivity index is 2.03. The predicted octanol–water partition coefficient (Wildman–Crippen LogP) is -0.0631. The van der Waals surface area contributed by atoms with Crippen molar-refractivity contribution in [1.82, 2.24) is 19.5 Å². The molecule has 0 spiro atoms. The first-order chi connectivity index (χ1) is 10.9. The van der Waals surface area contributed by atoms with Crippen LogP contribution in [0.2, 0.25) is 0 Å². The average molecular weight is 343 g/mol. The Bertz CT molecular complexity index is 715. The van der Waals surface area contributed by atoms with Gasteiger partial charge in [0.15, 0.2) is 11.5 Å². The molecule has 0 aliphatic heterocycles. The number of anilines is 1. The first kappa shape index (κ1) is 17.5. The Kier molecular flexibility index (Phi) is 5.80. The van der Waals surface area contributed by atoms with E-state index in [4.69, 9.17) is 14.5 Å². The fourth-order valence-corrected chi connectivity index (χ4v) is 2.24. The topological polar surface area (TPSA) is 143 Å². The Morgan fingerprint density at radius 3 is 2.91 bits per heavy atom. The summed E-state index contributed by atoms with van der Waals surface area (Å²) in [6.45, 7) is 4.05. The molecule has 4 N–H and O–H groups in total. The van der Waals surface area contributed by atoms with Gasteiger partial charge in [-0.1, -0.05) is 6.08 Å². The lowest BCUT2D eigenvalue weighted by atomic mass is 10.3. The SMILES string of the molecule is C=CCNc1ncnc2c1ncn2CC(O)COCP(=O)(O)O. The molecule has 2 aromatic heterocycles. The van der Waals surface area contributed by atoms with Gasteiger partial charge in [0.1, 0.15) is 18.2 Å². The van der Waals surface area contributed by atoms with Gasteiger partial charge in [-0.25, -0.2) is 15.0 Å². The fraction of sp³-hybridized carbons (Fsp3) is 0.417. The summed E-state index contributed by atoms with van der Waals surface area (Å²) in [6, 6.07) is 0. The Hall–Kier alpha value is -1.84. The Morgan fingerprint density at radius 1 is 1.43 bits per heavy atom. The van der Waals surface area contributed by atoms with Crippen LogP contribution < -0.4 is 5.32 Å². The minimum atomic E-state index is -4.24. The molecule has 1 atom stereocenters. The van der Waals surface area contributed by atoms with Crippen LogP contribution in [-0.4, -0.2) is 60.0 Å². The lowest BCUT2D eigenvalue weighted by molar-refractivity contribution is 0.0413. The Morgan fingerprint density at radius 2 is 2.22 bits per heavy atom. The summed E-state index contributed by atoms with van der Waals surface area (Å²) >= 11 is 0. The van der Waals surface area contributed by atoms with E-state index in [1.807, 2.05) is 0 Å². The molecule has 1 unspecified atom stereocenters. The highest BCUT2D eigenvalue weighted by Gasteiger charge is 2.16. The molecule has 0 aromatic carbocycles. The van der Waals surface area contributed by atoms with Crippen LogP contribution >= 0.6 is 7.60 Å². The molecule has 2 heterocycles. The summed E-state index contributed by atoms with van der Waals surface area (Å²) < 4.78 is 17.1. The molecule has 0 radical (unpaired) electrons. The van der Waals surface area contributed by atoms with Crippen LogP contribution in [0.5, 0.6) is 0 Å². The van der Waals surface area contributed by atoms with Crippen LogP contribution in [0.1, 0.15) is 0 Å². The summed E-state index contributed by atoms with van der Waals surface area (Å²) in [4.78, 5) is 29.8. The maximum absolute atomic E-state index is 10.7. The van der Waals surface area contributed by atoms with E-state index >= 15 is 0 Å². The molecule has 23 heavy (non-hydrogen) atoms. The number of aliphatic hydroxyl groups excluding tert-OH is 1.